The fourth-order valence-electron chi connectivity index (χ4n) is 8.07. The average Bonchev–Trinajstić information content (AvgIpc) is 3.78. The fraction of sp³-hybridized carbons (Fsp3) is 0.167. The molecule has 4 heterocycles. The van der Waals surface area contributed by atoms with Gasteiger partial charge in [-0.15, -0.1) is 0 Å². The molecule has 0 saturated heterocycles. The zero-order chi connectivity index (χ0) is 39.6. The van der Waals surface area contributed by atoms with Gasteiger partial charge in [0.2, 0.25) is 0 Å². The standard InChI is InChI=1S/C24H20FN3O.C24H18FN3O/c2*25-18-7-9-20(10-8-18)28-23-13-16-4-3-6-24(29)22(14-19-5-1-2-11-26-19)21(16)12-17(23)15-27-28/h1-2,5,7-13,15,22H,3-4,6,14H2;1-2,5,7-15H,3-4,6H2/b;22-14+. The molecular formula is C48H38F2N6O2. The monoisotopic (exact) mass is 768 g/mol. The molecule has 1 atom stereocenters. The molecule has 0 radical (unpaired) electrons. The highest BCUT2D eigenvalue weighted by atomic mass is 19.1. The molecule has 10 rings (SSSR count). The van der Waals surface area contributed by atoms with Crippen LogP contribution in [-0.4, -0.2) is 41.1 Å². The Bertz CT molecular complexity index is 2810. The summed E-state index contributed by atoms with van der Waals surface area (Å²) in [5.74, 6) is -0.308. The summed E-state index contributed by atoms with van der Waals surface area (Å²) < 4.78 is 30.2. The summed E-state index contributed by atoms with van der Waals surface area (Å²) in [6, 6.07) is 32.5. The van der Waals surface area contributed by atoms with Gasteiger partial charge in [-0.05, 0) is 151 Å². The van der Waals surface area contributed by atoms with E-state index in [1.807, 2.05) is 64.1 Å². The molecule has 10 heteroatoms. The van der Waals surface area contributed by atoms with Gasteiger partial charge >= 0.3 is 0 Å². The molecule has 1 unspecified atom stereocenters. The molecule has 8 aromatic rings. The SMILES string of the molecule is O=C1CCCc2cc3c(cnn3-c3ccc(F)cc3)cc2/C1=C\c1ccccn1.O=C1CCCc2cc3c(cnn3-c3ccc(F)cc3)cc2C1Cc1ccccn1. The third-order valence-corrected chi connectivity index (χ3v) is 11.0. The summed E-state index contributed by atoms with van der Waals surface area (Å²) >= 11 is 0. The first-order valence-electron chi connectivity index (χ1n) is 19.5. The Morgan fingerprint density at radius 2 is 1.24 bits per heavy atom. The Labute approximate surface area is 333 Å². The number of carbonyl (C=O) groups excluding carboxylic acids is 2. The van der Waals surface area contributed by atoms with Crippen LogP contribution in [0, 0.1) is 11.6 Å². The average molecular weight is 769 g/mol. The van der Waals surface area contributed by atoms with Crippen LogP contribution in [0.25, 0.3) is 44.8 Å². The van der Waals surface area contributed by atoms with E-state index in [1.54, 1.807) is 42.9 Å². The van der Waals surface area contributed by atoms with Crippen molar-refractivity contribution in [2.75, 3.05) is 0 Å². The van der Waals surface area contributed by atoms with E-state index in [9.17, 15) is 18.4 Å². The van der Waals surface area contributed by atoms with Crippen molar-refractivity contribution in [2.24, 2.45) is 0 Å². The topological polar surface area (TPSA) is 95.6 Å². The normalized spacial score (nSPS) is 16.0. The van der Waals surface area contributed by atoms with Crippen molar-refractivity contribution >= 4 is 45.0 Å². The summed E-state index contributed by atoms with van der Waals surface area (Å²) in [6.45, 7) is 0. The van der Waals surface area contributed by atoms with Gasteiger partial charge in [0.15, 0.2) is 5.78 Å². The van der Waals surface area contributed by atoms with Crippen LogP contribution in [-0.2, 0) is 28.9 Å². The summed E-state index contributed by atoms with van der Waals surface area (Å²) in [5.41, 5.74) is 10.3. The van der Waals surface area contributed by atoms with Crippen LogP contribution < -0.4 is 0 Å². The highest BCUT2D eigenvalue weighted by Crippen LogP contribution is 2.35. The van der Waals surface area contributed by atoms with Gasteiger partial charge in [0, 0.05) is 59.6 Å². The van der Waals surface area contributed by atoms with Crippen LogP contribution in [0.1, 0.15) is 65.2 Å². The summed E-state index contributed by atoms with van der Waals surface area (Å²) in [5, 5.41) is 10.9. The van der Waals surface area contributed by atoms with E-state index in [-0.39, 0.29) is 29.1 Å². The molecule has 0 amide bonds. The van der Waals surface area contributed by atoms with Crippen molar-refractivity contribution in [3.63, 3.8) is 0 Å². The molecule has 286 valence electrons. The lowest BCUT2D eigenvalue weighted by molar-refractivity contribution is -0.120. The number of ketones is 2. The first kappa shape index (κ1) is 36.7. The zero-order valence-electron chi connectivity index (χ0n) is 31.6. The van der Waals surface area contributed by atoms with Gasteiger partial charge in [-0.2, -0.15) is 10.2 Å². The molecule has 2 aliphatic rings. The number of aryl methyl sites for hydroxylation is 2. The van der Waals surface area contributed by atoms with Crippen molar-refractivity contribution < 1.29 is 18.4 Å². The number of fused-ring (bicyclic) bond motifs is 4. The first-order valence-corrected chi connectivity index (χ1v) is 19.5. The molecule has 2 aliphatic carbocycles. The Balaban J connectivity index is 0.000000150. The lowest BCUT2D eigenvalue weighted by atomic mass is 9.87. The molecule has 0 bridgehead atoms. The predicted octanol–water partition coefficient (Wildman–Crippen LogP) is 9.80. The van der Waals surface area contributed by atoms with Crippen LogP contribution in [0.4, 0.5) is 8.78 Å². The molecule has 4 aromatic heterocycles. The largest absolute Gasteiger partial charge is 0.299 e. The first-order chi connectivity index (χ1) is 28.4. The number of halogens is 2. The van der Waals surface area contributed by atoms with Gasteiger partial charge in [0.1, 0.15) is 17.4 Å². The van der Waals surface area contributed by atoms with Crippen molar-refractivity contribution in [1.82, 2.24) is 29.5 Å². The van der Waals surface area contributed by atoms with Gasteiger partial charge in [0.25, 0.3) is 0 Å². The summed E-state index contributed by atoms with van der Waals surface area (Å²) in [6.07, 6.45) is 14.0. The number of aromatic nitrogens is 6. The number of pyridine rings is 2. The quantitative estimate of drug-likeness (QED) is 0.128. The number of hydrogen-bond acceptors (Lipinski definition) is 6. The molecule has 4 aromatic carbocycles. The highest BCUT2D eigenvalue weighted by Gasteiger charge is 2.28. The predicted molar refractivity (Wildman–Crippen MR) is 221 cm³/mol. The van der Waals surface area contributed by atoms with Crippen LogP contribution in [0.2, 0.25) is 0 Å². The van der Waals surface area contributed by atoms with Gasteiger partial charge in [-0.1, -0.05) is 12.1 Å². The third-order valence-electron chi connectivity index (χ3n) is 11.0. The Hall–Kier alpha value is -6.94. The third kappa shape index (κ3) is 7.48. The van der Waals surface area contributed by atoms with E-state index in [0.717, 1.165) is 86.9 Å². The number of allylic oxidation sites excluding steroid dienone is 1. The zero-order valence-corrected chi connectivity index (χ0v) is 31.6. The molecule has 0 spiro atoms. The molecule has 58 heavy (non-hydrogen) atoms. The van der Waals surface area contributed by atoms with E-state index in [2.05, 4.69) is 38.4 Å². The number of rotatable bonds is 5. The van der Waals surface area contributed by atoms with Gasteiger partial charge < -0.3 is 0 Å². The van der Waals surface area contributed by atoms with Gasteiger partial charge in [0.05, 0.1) is 40.5 Å². The van der Waals surface area contributed by atoms with Crippen molar-refractivity contribution in [1.29, 1.82) is 0 Å². The fourth-order valence-corrected chi connectivity index (χ4v) is 8.07. The second kappa shape index (κ2) is 15.9. The lowest BCUT2D eigenvalue weighted by Gasteiger charge is -2.17. The molecule has 0 fully saturated rings. The number of hydrogen-bond donors (Lipinski definition) is 0. The second-order valence-corrected chi connectivity index (χ2v) is 14.7. The van der Waals surface area contributed by atoms with Crippen LogP contribution in [0.3, 0.4) is 0 Å². The number of nitrogens with zero attached hydrogens (tertiary/aromatic N) is 6. The Kier molecular flexibility index (Phi) is 10.1. The maximum atomic E-state index is 13.3. The van der Waals surface area contributed by atoms with E-state index in [0.29, 0.717) is 24.8 Å². The number of carbonyl (C=O) groups is 2. The summed E-state index contributed by atoms with van der Waals surface area (Å²) in [7, 11) is 0. The van der Waals surface area contributed by atoms with Gasteiger partial charge in [-0.25, -0.2) is 18.1 Å². The minimum absolute atomic E-state index is 0.139. The molecule has 0 aliphatic heterocycles. The van der Waals surface area contributed by atoms with Crippen molar-refractivity contribution in [2.45, 2.75) is 50.9 Å². The molecule has 8 nitrogen and oxygen atoms in total. The smallest absolute Gasteiger partial charge is 0.163 e. The van der Waals surface area contributed by atoms with Crippen LogP contribution in [0.5, 0.6) is 0 Å². The lowest BCUT2D eigenvalue weighted by Crippen LogP contribution is -2.15. The van der Waals surface area contributed by atoms with Crippen molar-refractivity contribution in [3.05, 3.63) is 179 Å². The number of Topliss-reactive ketones (excluding diaryl/α,β-unsaturated/α-hetero) is 2. The van der Waals surface area contributed by atoms with E-state index in [4.69, 9.17) is 0 Å². The minimum atomic E-state index is -0.276. The molecule has 0 N–H and O–H groups in total. The van der Waals surface area contributed by atoms with Crippen LogP contribution in [0.15, 0.2) is 134 Å². The Morgan fingerprint density at radius 3 is 1.88 bits per heavy atom. The number of benzene rings is 4. The minimum Gasteiger partial charge on any atom is -0.299 e. The van der Waals surface area contributed by atoms with Crippen molar-refractivity contribution in [3.8, 4) is 11.4 Å². The summed E-state index contributed by atoms with van der Waals surface area (Å²) in [4.78, 5) is 34.5. The second-order valence-electron chi connectivity index (χ2n) is 14.7. The van der Waals surface area contributed by atoms with E-state index < -0.39 is 0 Å². The van der Waals surface area contributed by atoms with E-state index in [1.165, 1.54) is 29.8 Å². The van der Waals surface area contributed by atoms with Gasteiger partial charge in [-0.3, -0.25) is 19.6 Å². The maximum Gasteiger partial charge on any atom is 0.163 e. The maximum absolute atomic E-state index is 13.3. The highest BCUT2D eigenvalue weighted by molar-refractivity contribution is 6.26. The Morgan fingerprint density at radius 1 is 0.638 bits per heavy atom. The molecular weight excluding hydrogens is 731 g/mol. The van der Waals surface area contributed by atoms with E-state index >= 15 is 0 Å². The van der Waals surface area contributed by atoms with Crippen LogP contribution >= 0.6 is 0 Å². The molecule has 0 saturated carbocycles.